The van der Waals surface area contributed by atoms with E-state index in [0.717, 1.165) is 16.9 Å². The van der Waals surface area contributed by atoms with Crippen LogP contribution in [-0.2, 0) is 6.42 Å². The van der Waals surface area contributed by atoms with E-state index in [1.807, 2.05) is 6.07 Å². The number of nitrogens with one attached hydrogen (secondary N) is 1. The van der Waals surface area contributed by atoms with Crippen molar-refractivity contribution >= 4 is 22.5 Å². The van der Waals surface area contributed by atoms with Gasteiger partial charge in [-0.25, -0.2) is 0 Å². The van der Waals surface area contributed by atoms with E-state index >= 15 is 0 Å². The van der Waals surface area contributed by atoms with Crippen molar-refractivity contribution in [2.45, 2.75) is 71.1 Å². The molecular weight excluding hydrogens is 290 g/mol. The Hall–Kier alpha value is -0.950. The van der Waals surface area contributed by atoms with Crippen molar-refractivity contribution in [1.82, 2.24) is 4.98 Å². The summed E-state index contributed by atoms with van der Waals surface area (Å²) in [6.07, 6.45) is 10.6. The van der Waals surface area contributed by atoms with Gasteiger partial charge in [-0.05, 0) is 61.3 Å². The van der Waals surface area contributed by atoms with Crippen LogP contribution in [0.3, 0.4) is 0 Å². The van der Waals surface area contributed by atoms with Gasteiger partial charge in [-0.15, -0.1) is 0 Å². The monoisotopic (exact) mass is 317 g/mol. The standard InChI is InChI=1S/C20H28ClN/c1-3-5-7-14(4-2)12-15-8-6-9-17-18-13-16(21)10-11-19(18)22-20(15)17/h10-11,13-15,22H,3-9,12H2,1-2H3. The maximum atomic E-state index is 6.20. The van der Waals surface area contributed by atoms with E-state index in [0.29, 0.717) is 0 Å². The number of halogens is 1. The fourth-order valence-electron chi connectivity index (χ4n) is 4.15. The summed E-state index contributed by atoms with van der Waals surface area (Å²) in [4.78, 5) is 3.72. The first kappa shape index (κ1) is 15.9. The molecule has 1 aromatic heterocycles. The lowest BCUT2D eigenvalue weighted by molar-refractivity contribution is 0.361. The third-order valence-corrected chi connectivity index (χ3v) is 5.69. The molecule has 0 spiro atoms. The van der Waals surface area contributed by atoms with Gasteiger partial charge in [-0.1, -0.05) is 51.1 Å². The van der Waals surface area contributed by atoms with Gasteiger partial charge in [0.25, 0.3) is 0 Å². The van der Waals surface area contributed by atoms with Gasteiger partial charge in [-0.2, -0.15) is 0 Å². The van der Waals surface area contributed by atoms with E-state index in [1.165, 1.54) is 68.0 Å². The highest BCUT2D eigenvalue weighted by molar-refractivity contribution is 6.31. The molecule has 120 valence electrons. The van der Waals surface area contributed by atoms with Gasteiger partial charge in [0, 0.05) is 21.6 Å². The molecule has 3 rings (SSSR count). The highest BCUT2D eigenvalue weighted by Crippen LogP contribution is 2.40. The van der Waals surface area contributed by atoms with Crippen molar-refractivity contribution in [3.63, 3.8) is 0 Å². The van der Waals surface area contributed by atoms with Gasteiger partial charge < -0.3 is 4.98 Å². The van der Waals surface area contributed by atoms with Crippen LogP contribution < -0.4 is 0 Å². The molecular formula is C20H28ClN. The number of aryl methyl sites for hydroxylation is 1. The zero-order valence-corrected chi connectivity index (χ0v) is 14.7. The van der Waals surface area contributed by atoms with Crippen molar-refractivity contribution < 1.29 is 0 Å². The normalized spacial score (nSPS) is 19.3. The predicted octanol–water partition coefficient (Wildman–Crippen LogP) is 6.85. The van der Waals surface area contributed by atoms with E-state index in [4.69, 9.17) is 11.6 Å². The van der Waals surface area contributed by atoms with Crippen molar-refractivity contribution in [1.29, 1.82) is 0 Å². The van der Waals surface area contributed by atoms with E-state index in [9.17, 15) is 0 Å². The summed E-state index contributed by atoms with van der Waals surface area (Å²) in [5, 5.41) is 2.21. The number of benzene rings is 1. The third-order valence-electron chi connectivity index (χ3n) is 5.45. The predicted molar refractivity (Wildman–Crippen MR) is 96.9 cm³/mol. The largest absolute Gasteiger partial charge is 0.358 e. The van der Waals surface area contributed by atoms with Gasteiger partial charge in [0.2, 0.25) is 0 Å². The molecule has 0 aliphatic heterocycles. The highest BCUT2D eigenvalue weighted by atomic mass is 35.5. The number of fused-ring (bicyclic) bond motifs is 3. The minimum absolute atomic E-state index is 0.719. The number of hydrogen-bond donors (Lipinski definition) is 1. The summed E-state index contributed by atoms with van der Waals surface area (Å²) < 4.78 is 0. The number of aromatic amines is 1. The average molecular weight is 318 g/mol. The molecule has 1 N–H and O–H groups in total. The molecule has 2 unspecified atom stereocenters. The summed E-state index contributed by atoms with van der Waals surface area (Å²) in [6, 6.07) is 6.28. The van der Waals surface area contributed by atoms with Crippen molar-refractivity contribution in [2.24, 2.45) is 5.92 Å². The van der Waals surface area contributed by atoms with Crippen molar-refractivity contribution in [3.8, 4) is 0 Å². The molecule has 2 heteroatoms. The first-order valence-electron chi connectivity index (χ1n) is 9.02. The van der Waals surface area contributed by atoms with Crippen LogP contribution in [0.5, 0.6) is 0 Å². The molecule has 0 bridgehead atoms. The summed E-state index contributed by atoms with van der Waals surface area (Å²) in [6.45, 7) is 4.65. The molecule has 1 nitrogen and oxygen atoms in total. The molecule has 1 heterocycles. The second-order valence-electron chi connectivity index (χ2n) is 6.95. The van der Waals surface area contributed by atoms with Crippen LogP contribution in [0.1, 0.15) is 76.0 Å². The van der Waals surface area contributed by atoms with Crippen LogP contribution in [0.25, 0.3) is 10.9 Å². The Kier molecular flexibility index (Phi) is 5.13. The second kappa shape index (κ2) is 7.08. The molecule has 2 atom stereocenters. The highest BCUT2D eigenvalue weighted by Gasteiger charge is 2.26. The maximum Gasteiger partial charge on any atom is 0.0460 e. The Morgan fingerprint density at radius 3 is 2.95 bits per heavy atom. The summed E-state index contributed by atoms with van der Waals surface area (Å²) in [5.74, 6) is 1.60. The van der Waals surface area contributed by atoms with E-state index < -0.39 is 0 Å². The molecule has 22 heavy (non-hydrogen) atoms. The van der Waals surface area contributed by atoms with Gasteiger partial charge in [0.05, 0.1) is 0 Å². The Labute approximate surface area is 139 Å². The van der Waals surface area contributed by atoms with E-state index in [-0.39, 0.29) is 0 Å². The molecule has 1 aromatic carbocycles. The number of H-pyrrole nitrogens is 1. The average Bonchev–Trinajstić information content (AvgIpc) is 2.90. The number of rotatable bonds is 6. The zero-order chi connectivity index (χ0) is 15.5. The zero-order valence-electron chi connectivity index (χ0n) is 13.9. The molecule has 0 saturated carbocycles. The Morgan fingerprint density at radius 1 is 1.32 bits per heavy atom. The quantitative estimate of drug-likeness (QED) is 0.599. The van der Waals surface area contributed by atoms with Gasteiger partial charge in [0.1, 0.15) is 0 Å². The second-order valence-corrected chi connectivity index (χ2v) is 7.38. The van der Waals surface area contributed by atoms with Crippen LogP contribution in [0.15, 0.2) is 18.2 Å². The smallest absolute Gasteiger partial charge is 0.0460 e. The lowest BCUT2D eigenvalue weighted by Gasteiger charge is -2.26. The lowest BCUT2D eigenvalue weighted by atomic mass is 9.79. The summed E-state index contributed by atoms with van der Waals surface area (Å²) >= 11 is 6.20. The van der Waals surface area contributed by atoms with Gasteiger partial charge >= 0.3 is 0 Å². The van der Waals surface area contributed by atoms with Crippen LogP contribution in [0, 0.1) is 5.92 Å². The summed E-state index contributed by atoms with van der Waals surface area (Å²) in [7, 11) is 0. The Bertz CT molecular complexity index is 628. The van der Waals surface area contributed by atoms with Crippen LogP contribution in [0.2, 0.25) is 5.02 Å². The topological polar surface area (TPSA) is 15.8 Å². The van der Waals surface area contributed by atoms with E-state index in [1.54, 1.807) is 5.56 Å². The number of unbranched alkanes of at least 4 members (excludes halogenated alkanes) is 1. The molecule has 0 amide bonds. The van der Waals surface area contributed by atoms with Crippen molar-refractivity contribution in [3.05, 3.63) is 34.5 Å². The first-order chi connectivity index (χ1) is 10.7. The molecule has 2 aromatic rings. The van der Waals surface area contributed by atoms with Gasteiger partial charge in [-0.3, -0.25) is 0 Å². The van der Waals surface area contributed by atoms with Crippen molar-refractivity contribution in [2.75, 3.05) is 0 Å². The number of aromatic nitrogens is 1. The van der Waals surface area contributed by atoms with Crippen LogP contribution in [0.4, 0.5) is 0 Å². The minimum atomic E-state index is 0.719. The molecule has 0 fully saturated rings. The third kappa shape index (κ3) is 3.20. The molecule has 1 aliphatic carbocycles. The summed E-state index contributed by atoms with van der Waals surface area (Å²) in [5.41, 5.74) is 4.32. The Morgan fingerprint density at radius 2 is 2.18 bits per heavy atom. The SMILES string of the molecule is CCCCC(CC)CC1CCCc2c1[nH]c1ccc(Cl)cc21. The maximum absolute atomic E-state index is 6.20. The number of hydrogen-bond acceptors (Lipinski definition) is 0. The molecule has 0 saturated heterocycles. The van der Waals surface area contributed by atoms with Gasteiger partial charge in [0.15, 0.2) is 0 Å². The minimum Gasteiger partial charge on any atom is -0.358 e. The Balaban J connectivity index is 1.86. The lowest BCUT2D eigenvalue weighted by Crippen LogP contribution is -2.13. The molecule has 1 aliphatic rings. The van der Waals surface area contributed by atoms with Crippen LogP contribution >= 0.6 is 11.6 Å². The van der Waals surface area contributed by atoms with E-state index in [2.05, 4.69) is 31.0 Å². The fraction of sp³-hybridized carbons (Fsp3) is 0.600. The molecule has 0 radical (unpaired) electrons. The first-order valence-corrected chi connectivity index (χ1v) is 9.40. The van der Waals surface area contributed by atoms with Crippen LogP contribution in [-0.4, -0.2) is 4.98 Å². The fourth-order valence-corrected chi connectivity index (χ4v) is 4.32.